The number of carbonyl (C=O) groups excluding carboxylic acids is 1. The van der Waals surface area contributed by atoms with Crippen molar-refractivity contribution in [3.8, 4) is 17.2 Å². The zero-order valence-electron chi connectivity index (χ0n) is 17.8. The number of aryl methyl sites for hydroxylation is 2. The summed E-state index contributed by atoms with van der Waals surface area (Å²) in [4.78, 5) is 21.1. The van der Waals surface area contributed by atoms with Gasteiger partial charge < -0.3 is 19.1 Å². The summed E-state index contributed by atoms with van der Waals surface area (Å²) in [5.41, 5.74) is 1.03. The van der Waals surface area contributed by atoms with Gasteiger partial charge in [0.25, 0.3) is 0 Å². The van der Waals surface area contributed by atoms with Crippen LogP contribution in [0.25, 0.3) is 0 Å². The first-order chi connectivity index (χ1) is 13.9. The van der Waals surface area contributed by atoms with Gasteiger partial charge in [-0.15, -0.1) is 0 Å². The van der Waals surface area contributed by atoms with Crippen molar-refractivity contribution >= 4 is 5.91 Å². The van der Waals surface area contributed by atoms with Gasteiger partial charge in [-0.3, -0.25) is 9.69 Å². The third-order valence-electron chi connectivity index (χ3n) is 5.15. The third kappa shape index (κ3) is 4.79. The number of methoxy groups -OCH3 is 3. The lowest BCUT2D eigenvalue weighted by molar-refractivity contribution is -0.133. The van der Waals surface area contributed by atoms with Crippen molar-refractivity contribution in [2.75, 3.05) is 47.5 Å². The summed E-state index contributed by atoms with van der Waals surface area (Å²) in [6.45, 7) is 7.58. The van der Waals surface area contributed by atoms with Gasteiger partial charge in [-0.1, -0.05) is 0 Å². The molecule has 0 saturated carbocycles. The van der Waals surface area contributed by atoms with Gasteiger partial charge in [0.05, 0.1) is 21.3 Å². The zero-order valence-corrected chi connectivity index (χ0v) is 17.8. The molecule has 2 heterocycles. The highest BCUT2D eigenvalue weighted by molar-refractivity contribution is 5.76. The van der Waals surface area contributed by atoms with Crippen molar-refractivity contribution in [3.63, 3.8) is 0 Å². The number of hydrogen-bond donors (Lipinski definition) is 0. The Morgan fingerprint density at radius 2 is 1.59 bits per heavy atom. The fourth-order valence-electron chi connectivity index (χ4n) is 3.55. The van der Waals surface area contributed by atoms with E-state index in [9.17, 15) is 4.79 Å². The number of benzene rings is 1. The highest BCUT2D eigenvalue weighted by Gasteiger charge is 2.23. The minimum atomic E-state index is 0.0707. The predicted molar refractivity (Wildman–Crippen MR) is 107 cm³/mol. The number of amides is 1. The van der Waals surface area contributed by atoms with E-state index in [1.54, 1.807) is 26.0 Å². The Balaban J connectivity index is 1.60. The monoisotopic (exact) mass is 403 g/mol. The van der Waals surface area contributed by atoms with Crippen molar-refractivity contribution in [1.82, 2.24) is 24.6 Å². The third-order valence-corrected chi connectivity index (χ3v) is 5.15. The van der Waals surface area contributed by atoms with Gasteiger partial charge in [-0.2, -0.15) is 5.10 Å². The Hall–Kier alpha value is -2.81. The van der Waals surface area contributed by atoms with Crippen molar-refractivity contribution in [2.45, 2.75) is 26.9 Å². The van der Waals surface area contributed by atoms with Crippen molar-refractivity contribution < 1.29 is 19.0 Å². The molecular formula is C20H29N5O4. The van der Waals surface area contributed by atoms with Gasteiger partial charge in [-0.05, 0) is 19.9 Å². The van der Waals surface area contributed by atoms with E-state index in [-0.39, 0.29) is 12.5 Å². The number of ether oxygens (including phenoxy) is 3. The summed E-state index contributed by atoms with van der Waals surface area (Å²) >= 11 is 0. The van der Waals surface area contributed by atoms with E-state index in [1.165, 1.54) is 0 Å². The first-order valence-electron chi connectivity index (χ1n) is 9.62. The van der Waals surface area contributed by atoms with Crippen LogP contribution in [0.4, 0.5) is 0 Å². The predicted octanol–water partition coefficient (Wildman–Crippen LogP) is 1.27. The van der Waals surface area contributed by atoms with Crippen LogP contribution in [0, 0.1) is 13.8 Å². The second-order valence-electron chi connectivity index (χ2n) is 7.04. The van der Waals surface area contributed by atoms with E-state index in [1.807, 2.05) is 30.9 Å². The first kappa shape index (κ1) is 20.9. The summed E-state index contributed by atoms with van der Waals surface area (Å²) in [5, 5.41) is 4.28. The lowest BCUT2D eigenvalue weighted by Crippen LogP contribution is -2.49. The van der Waals surface area contributed by atoms with Gasteiger partial charge in [-0.25, -0.2) is 9.67 Å². The molecule has 3 rings (SSSR count). The maximum Gasteiger partial charge on any atom is 0.244 e. The number of piperazine rings is 1. The van der Waals surface area contributed by atoms with Crippen LogP contribution in [0.15, 0.2) is 12.1 Å². The van der Waals surface area contributed by atoms with Crippen molar-refractivity contribution in [1.29, 1.82) is 0 Å². The molecule has 0 spiro atoms. The van der Waals surface area contributed by atoms with Crippen molar-refractivity contribution in [2.24, 2.45) is 0 Å². The summed E-state index contributed by atoms with van der Waals surface area (Å²) in [6, 6.07) is 3.79. The van der Waals surface area contributed by atoms with E-state index in [2.05, 4.69) is 15.0 Å². The molecule has 1 aliphatic rings. The molecule has 0 unspecified atom stereocenters. The fourth-order valence-corrected chi connectivity index (χ4v) is 3.55. The van der Waals surface area contributed by atoms with Crippen molar-refractivity contribution in [3.05, 3.63) is 29.3 Å². The molecule has 0 atom stereocenters. The molecule has 2 aromatic rings. The first-order valence-corrected chi connectivity index (χ1v) is 9.62. The van der Waals surface area contributed by atoms with E-state index in [0.29, 0.717) is 37.0 Å². The Morgan fingerprint density at radius 3 is 2.14 bits per heavy atom. The van der Waals surface area contributed by atoms with Crippen LogP contribution in [0.2, 0.25) is 0 Å². The molecule has 1 saturated heterocycles. The normalized spacial score (nSPS) is 14.7. The Bertz CT molecular complexity index is 859. The van der Waals surface area contributed by atoms with Gasteiger partial charge >= 0.3 is 0 Å². The highest BCUT2D eigenvalue weighted by atomic mass is 16.5. The molecule has 158 valence electrons. The Morgan fingerprint density at radius 1 is 0.966 bits per heavy atom. The average Bonchev–Trinajstić information content (AvgIpc) is 3.04. The molecule has 0 bridgehead atoms. The number of rotatable bonds is 7. The number of hydrogen-bond acceptors (Lipinski definition) is 7. The van der Waals surface area contributed by atoms with Gasteiger partial charge in [0.1, 0.15) is 23.9 Å². The molecule has 1 aromatic heterocycles. The highest BCUT2D eigenvalue weighted by Crippen LogP contribution is 2.35. The molecular weight excluding hydrogens is 374 g/mol. The van der Waals surface area contributed by atoms with E-state index in [4.69, 9.17) is 14.2 Å². The second kappa shape index (κ2) is 9.13. The molecule has 0 N–H and O–H groups in total. The molecule has 0 radical (unpaired) electrons. The number of carbonyl (C=O) groups is 1. The maximum atomic E-state index is 12.6. The average molecular weight is 403 g/mol. The molecule has 29 heavy (non-hydrogen) atoms. The molecule has 1 amide bonds. The maximum absolute atomic E-state index is 12.6. The molecule has 0 aliphatic carbocycles. The standard InChI is InChI=1S/C20H29N5O4/c1-14-21-15(2)25(22-14)13-20(26)24-8-6-23(7-9-24)12-16-10-18(28-4)19(29-5)11-17(16)27-3/h10-11H,6-9,12-13H2,1-5H3. The minimum Gasteiger partial charge on any atom is -0.496 e. The topological polar surface area (TPSA) is 82.0 Å². The van der Waals surface area contributed by atoms with Crippen LogP contribution < -0.4 is 14.2 Å². The van der Waals surface area contributed by atoms with Gasteiger partial charge in [0.2, 0.25) is 5.91 Å². The van der Waals surface area contributed by atoms with E-state index in [0.717, 1.165) is 30.2 Å². The zero-order chi connectivity index (χ0) is 21.0. The minimum absolute atomic E-state index is 0.0707. The fraction of sp³-hybridized carbons (Fsp3) is 0.550. The molecule has 1 aliphatic heterocycles. The number of aromatic nitrogens is 3. The summed E-state index contributed by atoms with van der Waals surface area (Å²) in [6.07, 6.45) is 0. The second-order valence-corrected chi connectivity index (χ2v) is 7.04. The molecule has 1 fully saturated rings. The Kier molecular flexibility index (Phi) is 6.58. The Labute approximate surface area is 171 Å². The van der Waals surface area contributed by atoms with Crippen LogP contribution in [0.5, 0.6) is 17.2 Å². The van der Waals surface area contributed by atoms with Crippen LogP contribution >= 0.6 is 0 Å². The summed E-state index contributed by atoms with van der Waals surface area (Å²) in [5.74, 6) is 3.59. The summed E-state index contributed by atoms with van der Waals surface area (Å²) in [7, 11) is 4.88. The molecule has 9 heteroatoms. The largest absolute Gasteiger partial charge is 0.496 e. The van der Waals surface area contributed by atoms with Gasteiger partial charge in [0.15, 0.2) is 11.5 Å². The van der Waals surface area contributed by atoms with Crippen LogP contribution in [-0.4, -0.2) is 78.0 Å². The smallest absolute Gasteiger partial charge is 0.244 e. The van der Waals surface area contributed by atoms with Crippen LogP contribution in [0.1, 0.15) is 17.2 Å². The van der Waals surface area contributed by atoms with Crippen LogP contribution in [0.3, 0.4) is 0 Å². The quantitative estimate of drug-likeness (QED) is 0.688. The molecule has 9 nitrogen and oxygen atoms in total. The SMILES string of the molecule is COc1cc(OC)c(OC)cc1CN1CCN(C(=O)Cn2nc(C)nc2C)CC1. The van der Waals surface area contributed by atoms with E-state index >= 15 is 0 Å². The lowest BCUT2D eigenvalue weighted by atomic mass is 10.1. The van der Waals surface area contributed by atoms with E-state index < -0.39 is 0 Å². The van der Waals surface area contributed by atoms with Crippen LogP contribution in [-0.2, 0) is 17.9 Å². The molecule has 1 aromatic carbocycles. The van der Waals surface area contributed by atoms with Gasteiger partial charge in [0, 0.05) is 44.4 Å². The number of nitrogens with zero attached hydrogens (tertiary/aromatic N) is 5. The summed E-state index contributed by atoms with van der Waals surface area (Å²) < 4.78 is 18.0. The lowest BCUT2D eigenvalue weighted by Gasteiger charge is -2.35.